The highest BCUT2D eigenvalue weighted by atomic mass is 35.5. The molecule has 1 aromatic carbocycles. The predicted molar refractivity (Wildman–Crippen MR) is 168 cm³/mol. The van der Waals surface area contributed by atoms with Gasteiger partial charge in [-0.1, -0.05) is 78.8 Å². The monoisotopic (exact) mass is 584 g/mol. The van der Waals surface area contributed by atoms with Gasteiger partial charge in [0.1, 0.15) is 6.10 Å². The molecule has 0 aliphatic heterocycles. The fourth-order valence-electron chi connectivity index (χ4n) is 9.64. The van der Waals surface area contributed by atoms with Gasteiger partial charge in [-0.15, -0.1) is 23.2 Å². The molecule has 220 valence electrons. The van der Waals surface area contributed by atoms with E-state index in [-0.39, 0.29) is 39.1 Å². The fraction of sp³-hybridized carbons (Fsp3) is 0.694. The molecule has 5 rings (SSSR count). The summed E-state index contributed by atoms with van der Waals surface area (Å²) in [5.74, 6) is 2.38. The van der Waals surface area contributed by atoms with E-state index < -0.39 is 0 Å². The normalized spacial score (nSPS) is 36.9. The number of benzene rings is 1. The van der Waals surface area contributed by atoms with E-state index in [9.17, 15) is 4.79 Å². The van der Waals surface area contributed by atoms with Crippen LogP contribution in [0.1, 0.15) is 104 Å². The Morgan fingerprint density at radius 3 is 2.38 bits per heavy atom. The van der Waals surface area contributed by atoms with E-state index in [0.29, 0.717) is 35.2 Å². The molecule has 0 aromatic heterocycles. The summed E-state index contributed by atoms with van der Waals surface area (Å²) in [6, 6.07) is 9.43. The van der Waals surface area contributed by atoms with Gasteiger partial charge in [0.15, 0.2) is 0 Å². The molecule has 2 unspecified atom stereocenters. The molecule has 4 aliphatic rings. The van der Waals surface area contributed by atoms with Crippen LogP contribution in [-0.4, -0.2) is 22.8 Å². The molecule has 40 heavy (non-hydrogen) atoms. The Morgan fingerprint density at radius 2 is 1.70 bits per heavy atom. The number of fused-ring (bicyclic) bond motifs is 5. The van der Waals surface area contributed by atoms with Crippen molar-refractivity contribution in [1.29, 1.82) is 0 Å². The molecule has 0 N–H and O–H groups in total. The van der Waals surface area contributed by atoms with Crippen molar-refractivity contribution in [3.05, 3.63) is 59.2 Å². The molecule has 0 radical (unpaired) electrons. The van der Waals surface area contributed by atoms with Crippen molar-refractivity contribution in [2.45, 2.75) is 110 Å². The largest absolute Gasteiger partial charge is 0.458 e. The Balaban J connectivity index is 1.36. The Labute approximate surface area is 253 Å². The van der Waals surface area contributed by atoms with Gasteiger partial charge in [0.05, 0.1) is 16.3 Å². The highest BCUT2D eigenvalue weighted by Crippen LogP contribution is 2.67. The topological polar surface area (TPSA) is 26.3 Å². The zero-order valence-corrected chi connectivity index (χ0v) is 27.2. The van der Waals surface area contributed by atoms with Gasteiger partial charge in [-0.2, -0.15) is 0 Å². The summed E-state index contributed by atoms with van der Waals surface area (Å²) in [5, 5.41) is 0.0305. The SMILES string of the molecule is CC(C)CC(Cl)C(Cl)[C@@H](C)[C@H]1CC[C@H]2C3=CC[C@H]4C(C)(C)[C@@H](OC(=O)c5ccccc5)CC[C@]4(C)C3=CC[C@]12C. The standard InChI is InChI=1S/C36H50Cl2O2/c1-22(2)21-29(37)32(38)23(3)26-14-15-27-25-13-16-30-34(4,5)31(40-33(39)24-11-9-8-10-12-24)18-20-36(30,7)28(25)17-19-35(26,27)6/h8-13,17,22-23,26-27,29-32H,14-16,18-21H2,1-7H3/t23-,26+,27-,29?,30-,31-,32?,35+,36+/m0/s1. The van der Waals surface area contributed by atoms with Crippen LogP contribution in [0, 0.1) is 45.8 Å². The third-order valence-corrected chi connectivity index (χ3v) is 13.2. The maximum absolute atomic E-state index is 13.0. The second-order valence-corrected chi connectivity index (χ2v) is 16.1. The van der Waals surface area contributed by atoms with Crippen molar-refractivity contribution in [2.24, 2.45) is 45.8 Å². The zero-order chi connectivity index (χ0) is 29.0. The fourth-order valence-corrected chi connectivity index (χ4v) is 10.5. The lowest BCUT2D eigenvalue weighted by molar-refractivity contribution is -0.0934. The Morgan fingerprint density at radius 1 is 1.00 bits per heavy atom. The average Bonchev–Trinajstić information content (AvgIpc) is 3.26. The average molecular weight is 586 g/mol. The van der Waals surface area contributed by atoms with Gasteiger partial charge in [-0.3, -0.25) is 0 Å². The van der Waals surface area contributed by atoms with Gasteiger partial charge in [-0.25, -0.2) is 4.79 Å². The molecular weight excluding hydrogens is 535 g/mol. The Kier molecular flexibility index (Phi) is 8.39. The van der Waals surface area contributed by atoms with Crippen molar-refractivity contribution >= 4 is 29.2 Å². The number of esters is 1. The van der Waals surface area contributed by atoms with Crippen LogP contribution >= 0.6 is 23.2 Å². The second-order valence-electron chi connectivity index (χ2n) is 15.0. The smallest absolute Gasteiger partial charge is 0.338 e. The van der Waals surface area contributed by atoms with Crippen LogP contribution in [0.5, 0.6) is 0 Å². The molecule has 0 heterocycles. The van der Waals surface area contributed by atoms with E-state index in [0.717, 1.165) is 32.1 Å². The summed E-state index contributed by atoms with van der Waals surface area (Å²) in [6.07, 6.45) is 12.7. The van der Waals surface area contributed by atoms with Crippen molar-refractivity contribution in [2.75, 3.05) is 0 Å². The van der Waals surface area contributed by atoms with E-state index in [2.05, 4.69) is 60.6 Å². The second kappa shape index (κ2) is 11.1. The lowest BCUT2D eigenvalue weighted by Crippen LogP contribution is -2.54. The number of alkyl halides is 2. The third kappa shape index (κ3) is 5.02. The first kappa shape index (κ1) is 30.2. The molecule has 2 nitrogen and oxygen atoms in total. The number of halogens is 2. The first-order valence-electron chi connectivity index (χ1n) is 15.8. The number of ether oxygens (including phenoxy) is 1. The number of rotatable bonds is 7. The summed E-state index contributed by atoms with van der Waals surface area (Å²) in [4.78, 5) is 13.0. The Hall–Kier alpha value is -1.25. The Bertz CT molecular complexity index is 1150. The van der Waals surface area contributed by atoms with E-state index in [4.69, 9.17) is 27.9 Å². The predicted octanol–water partition coefficient (Wildman–Crippen LogP) is 10.2. The van der Waals surface area contributed by atoms with Gasteiger partial charge in [0.25, 0.3) is 0 Å². The maximum atomic E-state index is 13.0. The first-order valence-corrected chi connectivity index (χ1v) is 16.6. The molecule has 9 atom stereocenters. The first-order chi connectivity index (χ1) is 18.8. The maximum Gasteiger partial charge on any atom is 0.338 e. The molecule has 0 amide bonds. The van der Waals surface area contributed by atoms with Crippen LogP contribution in [0.4, 0.5) is 0 Å². The highest BCUT2D eigenvalue weighted by molar-refractivity contribution is 6.30. The molecule has 0 saturated heterocycles. The minimum atomic E-state index is -0.196. The zero-order valence-electron chi connectivity index (χ0n) is 25.7. The summed E-state index contributed by atoms with van der Waals surface area (Å²) in [7, 11) is 0. The number of hydrogen-bond acceptors (Lipinski definition) is 2. The van der Waals surface area contributed by atoms with Crippen LogP contribution in [-0.2, 0) is 4.74 Å². The summed E-state index contributed by atoms with van der Waals surface area (Å²) in [5.41, 5.74) is 4.09. The molecule has 2 fully saturated rings. The van der Waals surface area contributed by atoms with Crippen molar-refractivity contribution in [1.82, 2.24) is 0 Å². The van der Waals surface area contributed by atoms with Crippen molar-refractivity contribution in [3.63, 3.8) is 0 Å². The van der Waals surface area contributed by atoms with E-state index >= 15 is 0 Å². The van der Waals surface area contributed by atoms with E-state index in [1.54, 1.807) is 11.1 Å². The number of hydrogen-bond donors (Lipinski definition) is 0. The van der Waals surface area contributed by atoms with E-state index in [1.807, 2.05) is 30.3 Å². The molecule has 0 spiro atoms. The molecule has 4 aliphatic carbocycles. The van der Waals surface area contributed by atoms with Gasteiger partial charge < -0.3 is 4.74 Å². The highest BCUT2D eigenvalue weighted by Gasteiger charge is 2.60. The van der Waals surface area contributed by atoms with Gasteiger partial charge in [0, 0.05) is 5.41 Å². The van der Waals surface area contributed by atoms with Crippen LogP contribution in [0.2, 0.25) is 0 Å². The molecule has 0 bridgehead atoms. The van der Waals surface area contributed by atoms with Crippen LogP contribution in [0.3, 0.4) is 0 Å². The lowest BCUT2D eigenvalue weighted by atomic mass is 9.46. The van der Waals surface area contributed by atoms with Crippen LogP contribution < -0.4 is 0 Å². The van der Waals surface area contributed by atoms with Crippen molar-refractivity contribution < 1.29 is 9.53 Å². The summed E-state index contributed by atoms with van der Waals surface area (Å²) in [6.45, 7) is 16.5. The summed E-state index contributed by atoms with van der Waals surface area (Å²) < 4.78 is 6.21. The number of carbonyl (C=O) groups is 1. The van der Waals surface area contributed by atoms with Gasteiger partial charge in [-0.05, 0) is 109 Å². The van der Waals surface area contributed by atoms with E-state index in [1.165, 1.54) is 12.8 Å². The van der Waals surface area contributed by atoms with Crippen LogP contribution in [0.15, 0.2) is 53.6 Å². The molecule has 2 saturated carbocycles. The third-order valence-electron chi connectivity index (χ3n) is 11.9. The lowest BCUT2D eigenvalue weighted by Gasteiger charge is -2.59. The minimum absolute atomic E-state index is 0.00641. The minimum Gasteiger partial charge on any atom is -0.458 e. The molecule has 1 aromatic rings. The van der Waals surface area contributed by atoms with Crippen molar-refractivity contribution in [3.8, 4) is 0 Å². The summed E-state index contributed by atoms with van der Waals surface area (Å²) >= 11 is 13.9. The quantitative estimate of drug-likeness (QED) is 0.235. The van der Waals surface area contributed by atoms with Crippen LogP contribution in [0.25, 0.3) is 0 Å². The molecule has 4 heteroatoms. The molecular formula is C36H50Cl2O2. The number of allylic oxidation sites excluding steroid dienone is 4. The van der Waals surface area contributed by atoms with Gasteiger partial charge in [0.2, 0.25) is 0 Å². The van der Waals surface area contributed by atoms with Gasteiger partial charge >= 0.3 is 5.97 Å². The number of carbonyl (C=O) groups excluding carboxylic acids is 1.